The van der Waals surface area contributed by atoms with Crippen LogP contribution < -0.4 is 0 Å². The molecule has 0 aliphatic rings. The quantitative estimate of drug-likeness (QED) is 0.289. The Bertz CT molecular complexity index is 279. The number of esters is 2. The first-order valence-corrected chi connectivity index (χ1v) is 5.28. The van der Waals surface area contributed by atoms with E-state index in [1.165, 1.54) is 6.92 Å². The van der Waals surface area contributed by atoms with Crippen molar-refractivity contribution < 1.29 is 19.1 Å². The molecule has 0 rings (SSSR count). The van der Waals surface area contributed by atoms with Crippen LogP contribution in [-0.4, -0.2) is 18.5 Å². The zero-order valence-corrected chi connectivity index (χ0v) is 9.82. The van der Waals surface area contributed by atoms with Crippen LogP contribution in [0.25, 0.3) is 0 Å². The highest BCUT2D eigenvalue weighted by atomic mass is 16.5. The van der Waals surface area contributed by atoms with Crippen LogP contribution in [0.1, 0.15) is 33.1 Å². The van der Waals surface area contributed by atoms with Crippen molar-refractivity contribution >= 4 is 11.9 Å². The lowest BCUT2D eigenvalue weighted by Gasteiger charge is -2.03. The maximum atomic E-state index is 11.3. The monoisotopic (exact) mass is 226 g/mol. The van der Waals surface area contributed by atoms with E-state index in [1.807, 2.05) is 0 Å². The Balaban J connectivity index is 3.88. The summed E-state index contributed by atoms with van der Waals surface area (Å²) < 4.78 is 9.53. The number of rotatable bonds is 7. The lowest BCUT2D eigenvalue weighted by Crippen LogP contribution is -2.08. The highest BCUT2D eigenvalue weighted by Crippen LogP contribution is 2.00. The first-order valence-electron chi connectivity index (χ1n) is 5.28. The van der Waals surface area contributed by atoms with Crippen molar-refractivity contribution in [3.05, 3.63) is 24.5 Å². The van der Waals surface area contributed by atoms with Gasteiger partial charge < -0.3 is 9.47 Å². The number of hydrogen-bond acceptors (Lipinski definition) is 4. The largest absolute Gasteiger partial charge is 0.462 e. The van der Waals surface area contributed by atoms with Gasteiger partial charge in [0, 0.05) is 6.08 Å². The van der Waals surface area contributed by atoms with Crippen LogP contribution in [0.15, 0.2) is 24.5 Å². The average molecular weight is 226 g/mol. The van der Waals surface area contributed by atoms with E-state index in [2.05, 4.69) is 18.2 Å². The van der Waals surface area contributed by atoms with Crippen LogP contribution in [0.5, 0.6) is 0 Å². The first kappa shape index (κ1) is 14.4. The van der Waals surface area contributed by atoms with Gasteiger partial charge in [0.1, 0.15) is 6.26 Å². The lowest BCUT2D eigenvalue weighted by atomic mass is 10.3. The maximum Gasteiger partial charge on any atom is 0.336 e. The van der Waals surface area contributed by atoms with Crippen molar-refractivity contribution in [3.63, 3.8) is 0 Å². The summed E-state index contributed by atoms with van der Waals surface area (Å²) in [6.07, 6.45) is 5.05. The molecule has 0 bridgehead atoms. The average Bonchev–Trinajstić information content (AvgIpc) is 2.30. The minimum absolute atomic E-state index is 0.256. The third kappa shape index (κ3) is 6.81. The summed E-state index contributed by atoms with van der Waals surface area (Å²) in [5, 5.41) is 0. The predicted octanol–water partition coefficient (Wildman–Crippen LogP) is 2.35. The lowest BCUT2D eigenvalue weighted by molar-refractivity contribution is -0.139. The molecule has 16 heavy (non-hydrogen) atoms. The highest BCUT2D eigenvalue weighted by Gasteiger charge is 2.06. The van der Waals surface area contributed by atoms with Crippen molar-refractivity contribution in [3.8, 4) is 0 Å². The van der Waals surface area contributed by atoms with Gasteiger partial charge in [0.25, 0.3) is 0 Å². The fraction of sp³-hybridized carbons (Fsp3) is 0.500. The van der Waals surface area contributed by atoms with E-state index in [9.17, 15) is 9.59 Å². The summed E-state index contributed by atoms with van der Waals surface area (Å²) in [6.45, 7) is 7.23. The van der Waals surface area contributed by atoms with Gasteiger partial charge in [0.2, 0.25) is 0 Å². The first-order chi connectivity index (χ1) is 7.61. The van der Waals surface area contributed by atoms with Gasteiger partial charge in [-0.15, -0.1) is 0 Å². The second-order valence-electron chi connectivity index (χ2n) is 3.28. The summed E-state index contributed by atoms with van der Waals surface area (Å²) in [7, 11) is 0. The Morgan fingerprint density at radius 1 is 1.31 bits per heavy atom. The molecule has 0 aromatic rings. The Morgan fingerprint density at radius 2 is 2.00 bits per heavy atom. The van der Waals surface area contributed by atoms with Crippen LogP contribution in [0.2, 0.25) is 0 Å². The van der Waals surface area contributed by atoms with Gasteiger partial charge >= 0.3 is 11.9 Å². The fourth-order valence-electron chi connectivity index (χ4n) is 0.873. The molecule has 0 amide bonds. The molecule has 0 saturated heterocycles. The van der Waals surface area contributed by atoms with E-state index in [1.54, 1.807) is 0 Å². The van der Waals surface area contributed by atoms with Gasteiger partial charge in [-0.1, -0.05) is 26.3 Å². The zero-order valence-electron chi connectivity index (χ0n) is 9.82. The Morgan fingerprint density at radius 3 is 2.56 bits per heavy atom. The van der Waals surface area contributed by atoms with Crippen LogP contribution in [0.4, 0.5) is 0 Å². The number of carbonyl (C=O) groups excluding carboxylic acids is 2. The van der Waals surface area contributed by atoms with E-state index in [0.29, 0.717) is 6.61 Å². The summed E-state index contributed by atoms with van der Waals surface area (Å²) in [5.74, 6) is -1.06. The van der Waals surface area contributed by atoms with Crippen molar-refractivity contribution in [2.45, 2.75) is 33.1 Å². The van der Waals surface area contributed by atoms with Crippen LogP contribution >= 0.6 is 0 Å². The topological polar surface area (TPSA) is 52.6 Å². The van der Waals surface area contributed by atoms with E-state index in [4.69, 9.17) is 4.74 Å². The minimum Gasteiger partial charge on any atom is -0.462 e. The molecule has 0 saturated carbocycles. The normalized spacial score (nSPS) is 10.8. The van der Waals surface area contributed by atoms with Gasteiger partial charge in [0.15, 0.2) is 0 Å². The van der Waals surface area contributed by atoms with Crippen LogP contribution in [0.3, 0.4) is 0 Å². The minimum atomic E-state index is -0.599. The van der Waals surface area contributed by atoms with Gasteiger partial charge in [-0.05, 0) is 13.3 Å². The smallest absolute Gasteiger partial charge is 0.336 e. The third-order valence-corrected chi connectivity index (χ3v) is 1.82. The molecule has 0 N–H and O–H groups in total. The number of hydrogen-bond donors (Lipinski definition) is 0. The zero-order chi connectivity index (χ0) is 12.4. The molecule has 0 aromatic heterocycles. The van der Waals surface area contributed by atoms with Gasteiger partial charge in [-0.3, -0.25) is 0 Å². The summed E-state index contributed by atoms with van der Waals surface area (Å²) in [5.41, 5.74) is 0.256. The van der Waals surface area contributed by atoms with E-state index in [0.717, 1.165) is 31.6 Å². The van der Waals surface area contributed by atoms with Crippen LogP contribution in [-0.2, 0) is 19.1 Å². The van der Waals surface area contributed by atoms with Gasteiger partial charge in [-0.2, -0.15) is 0 Å². The molecule has 4 heteroatoms. The van der Waals surface area contributed by atoms with Crippen LogP contribution in [0, 0.1) is 0 Å². The molecule has 4 nitrogen and oxygen atoms in total. The van der Waals surface area contributed by atoms with E-state index < -0.39 is 11.9 Å². The molecule has 90 valence electrons. The fourth-order valence-corrected chi connectivity index (χ4v) is 0.873. The SMILES string of the molecule is C=CC(=O)OC=C(C)C(=O)OCCCCC. The predicted molar refractivity (Wildman–Crippen MR) is 60.5 cm³/mol. The number of ether oxygens (including phenoxy) is 2. The molecule has 0 aliphatic carbocycles. The number of carbonyl (C=O) groups is 2. The van der Waals surface area contributed by atoms with Crippen molar-refractivity contribution in [1.82, 2.24) is 0 Å². The van der Waals surface area contributed by atoms with Gasteiger partial charge in [-0.25, -0.2) is 9.59 Å². The molecule has 0 unspecified atom stereocenters. The molecular weight excluding hydrogens is 208 g/mol. The number of unbranched alkanes of at least 4 members (excludes halogenated alkanes) is 2. The maximum absolute atomic E-state index is 11.3. The van der Waals surface area contributed by atoms with Crippen molar-refractivity contribution in [2.75, 3.05) is 6.61 Å². The van der Waals surface area contributed by atoms with E-state index >= 15 is 0 Å². The molecule has 0 atom stereocenters. The van der Waals surface area contributed by atoms with Gasteiger partial charge in [0.05, 0.1) is 12.2 Å². The third-order valence-electron chi connectivity index (χ3n) is 1.82. The Labute approximate surface area is 95.9 Å². The van der Waals surface area contributed by atoms with E-state index in [-0.39, 0.29) is 5.57 Å². The second-order valence-corrected chi connectivity index (χ2v) is 3.28. The molecule has 0 fully saturated rings. The Kier molecular flexibility index (Phi) is 7.85. The summed E-state index contributed by atoms with van der Waals surface area (Å²) in [4.78, 5) is 22.0. The molecular formula is C12H18O4. The molecule has 0 heterocycles. The molecule has 0 spiro atoms. The molecule has 0 radical (unpaired) electrons. The Hall–Kier alpha value is -1.58. The molecule has 0 aromatic carbocycles. The van der Waals surface area contributed by atoms with Crippen molar-refractivity contribution in [2.24, 2.45) is 0 Å². The highest BCUT2D eigenvalue weighted by molar-refractivity contribution is 5.88. The second kappa shape index (κ2) is 8.71. The summed E-state index contributed by atoms with van der Waals surface area (Å²) >= 11 is 0. The van der Waals surface area contributed by atoms with Crippen molar-refractivity contribution in [1.29, 1.82) is 0 Å². The standard InChI is InChI=1S/C12H18O4/c1-4-6-7-8-15-12(14)10(3)9-16-11(13)5-2/h5,9H,2,4,6-8H2,1,3H3. The molecule has 0 aliphatic heterocycles. The summed E-state index contributed by atoms with van der Waals surface area (Å²) in [6, 6.07) is 0.